The second-order valence-electron chi connectivity index (χ2n) is 7.78. The van der Waals surface area contributed by atoms with E-state index < -0.39 is 38.6 Å². The van der Waals surface area contributed by atoms with Crippen LogP contribution in [0.1, 0.15) is 29.8 Å². The molecule has 0 fully saturated rings. The van der Waals surface area contributed by atoms with Crippen LogP contribution in [0.5, 0.6) is 11.5 Å². The molecular formula is C23H19FN4O6S2. The summed E-state index contributed by atoms with van der Waals surface area (Å²) in [5.74, 6) is -2.69. The van der Waals surface area contributed by atoms with Gasteiger partial charge in [-0.1, -0.05) is 18.2 Å². The average molecular weight is 531 g/mol. The van der Waals surface area contributed by atoms with Gasteiger partial charge in [-0.15, -0.1) is 0 Å². The Bertz CT molecular complexity index is 1500. The first kappa shape index (κ1) is 25.3. The number of hydrogen-bond donors (Lipinski definition) is 1. The van der Waals surface area contributed by atoms with Crippen LogP contribution < -0.4 is 9.47 Å². The molecule has 0 radical (unpaired) electrons. The number of rotatable bonds is 5. The molecule has 2 aromatic rings. The molecule has 0 saturated carbocycles. The van der Waals surface area contributed by atoms with Gasteiger partial charge in [0, 0.05) is 0 Å². The average Bonchev–Trinajstić information content (AvgIpc) is 3.27. The van der Waals surface area contributed by atoms with Gasteiger partial charge < -0.3 is 9.47 Å². The summed E-state index contributed by atoms with van der Waals surface area (Å²) >= 11 is 0.708. The zero-order valence-electron chi connectivity index (χ0n) is 19.2. The molecule has 0 spiro atoms. The fourth-order valence-electron chi connectivity index (χ4n) is 3.20. The molecule has 10 nitrogen and oxygen atoms in total. The summed E-state index contributed by atoms with van der Waals surface area (Å²) in [7, 11) is -2.52. The molecule has 1 amide bonds. The summed E-state index contributed by atoms with van der Waals surface area (Å²) < 4.78 is 53.8. The van der Waals surface area contributed by atoms with Gasteiger partial charge >= 0.3 is 5.97 Å². The van der Waals surface area contributed by atoms with Crippen LogP contribution in [-0.2, 0) is 14.6 Å². The van der Waals surface area contributed by atoms with E-state index in [0.29, 0.717) is 17.5 Å². The van der Waals surface area contributed by atoms with Crippen LogP contribution in [0.25, 0.3) is 6.08 Å². The van der Waals surface area contributed by atoms with E-state index >= 15 is 0 Å². The second kappa shape index (κ2) is 9.66. The molecule has 2 aliphatic rings. The second-order valence-corrected chi connectivity index (χ2v) is 10.9. The number of amidine groups is 3. The fraction of sp³-hybridized carbons (Fsp3) is 0.174. The number of amides is 1. The third-order valence-electron chi connectivity index (χ3n) is 5.16. The quantitative estimate of drug-likeness (QED) is 0.268. The van der Waals surface area contributed by atoms with E-state index in [2.05, 4.69) is 9.39 Å². The minimum Gasteiger partial charge on any atom is -0.493 e. The van der Waals surface area contributed by atoms with Crippen LogP contribution in [0.4, 0.5) is 4.39 Å². The predicted octanol–water partition coefficient (Wildman–Crippen LogP) is 3.45. The summed E-state index contributed by atoms with van der Waals surface area (Å²) in [6.07, 6.45) is 1.33. The lowest BCUT2D eigenvalue weighted by Crippen LogP contribution is -2.46. The SMILES string of the molecule is COc1cc(/C=C2/C(=N)N3C(=NC2=O)SN=C3S(=O)(=O)C(C)C)ccc1OC(=O)c1ccccc1F. The highest BCUT2D eigenvalue weighted by Crippen LogP contribution is 2.33. The summed E-state index contributed by atoms with van der Waals surface area (Å²) in [5, 5.41) is 7.34. The lowest BCUT2D eigenvalue weighted by Gasteiger charge is -2.25. The maximum atomic E-state index is 13.9. The molecule has 36 heavy (non-hydrogen) atoms. The Balaban J connectivity index is 1.64. The highest BCUT2D eigenvalue weighted by Gasteiger charge is 2.43. The minimum absolute atomic E-state index is 0.00615. The van der Waals surface area contributed by atoms with Crippen LogP contribution in [0.3, 0.4) is 0 Å². The topological polar surface area (TPSA) is 139 Å². The molecule has 2 heterocycles. The number of aliphatic imine (C=N–C) groups is 1. The highest BCUT2D eigenvalue weighted by molar-refractivity contribution is 8.16. The van der Waals surface area contributed by atoms with Gasteiger partial charge in [-0.3, -0.25) is 10.2 Å². The van der Waals surface area contributed by atoms with Crippen molar-refractivity contribution in [3.05, 3.63) is 65.0 Å². The van der Waals surface area contributed by atoms with E-state index in [1.807, 2.05) is 0 Å². The summed E-state index contributed by atoms with van der Waals surface area (Å²) in [6.45, 7) is 2.97. The molecule has 2 aromatic carbocycles. The van der Waals surface area contributed by atoms with Crippen molar-refractivity contribution in [2.24, 2.45) is 9.39 Å². The van der Waals surface area contributed by atoms with E-state index in [0.717, 1.165) is 11.0 Å². The van der Waals surface area contributed by atoms with Crippen molar-refractivity contribution in [3.63, 3.8) is 0 Å². The summed E-state index contributed by atoms with van der Waals surface area (Å²) in [4.78, 5) is 29.9. The van der Waals surface area contributed by atoms with Gasteiger partial charge in [0.2, 0.25) is 20.2 Å². The predicted molar refractivity (Wildman–Crippen MR) is 133 cm³/mol. The van der Waals surface area contributed by atoms with Crippen molar-refractivity contribution in [1.29, 1.82) is 5.41 Å². The number of halogens is 1. The third kappa shape index (κ3) is 4.54. The van der Waals surface area contributed by atoms with Crippen molar-refractivity contribution in [1.82, 2.24) is 4.90 Å². The van der Waals surface area contributed by atoms with Crippen molar-refractivity contribution < 1.29 is 31.9 Å². The van der Waals surface area contributed by atoms with Gasteiger partial charge in [-0.25, -0.2) is 22.5 Å². The Morgan fingerprint density at radius 3 is 2.58 bits per heavy atom. The molecule has 13 heteroatoms. The lowest BCUT2D eigenvalue weighted by molar-refractivity contribution is -0.114. The van der Waals surface area contributed by atoms with Crippen molar-refractivity contribution in [2.75, 3.05) is 7.11 Å². The number of ether oxygens (including phenoxy) is 2. The molecule has 1 N–H and O–H groups in total. The Morgan fingerprint density at radius 1 is 1.19 bits per heavy atom. The molecule has 0 saturated heterocycles. The number of esters is 1. The molecule has 0 aliphatic carbocycles. The Hall–Kier alpha value is -3.84. The number of hydrogen-bond acceptors (Lipinski definition) is 9. The maximum Gasteiger partial charge on any atom is 0.346 e. The zero-order valence-corrected chi connectivity index (χ0v) is 20.8. The number of carbonyl (C=O) groups excluding carboxylic acids is 2. The molecule has 0 unspecified atom stereocenters. The zero-order chi connectivity index (χ0) is 26.2. The van der Waals surface area contributed by atoms with Crippen LogP contribution >= 0.6 is 11.9 Å². The molecule has 2 aliphatic heterocycles. The smallest absolute Gasteiger partial charge is 0.346 e. The number of fused-ring (bicyclic) bond motifs is 1. The number of benzene rings is 2. The Labute approximate surface area is 210 Å². The third-order valence-corrected chi connectivity index (χ3v) is 8.01. The maximum absolute atomic E-state index is 13.9. The largest absolute Gasteiger partial charge is 0.493 e. The van der Waals surface area contributed by atoms with Crippen LogP contribution in [0.2, 0.25) is 0 Å². The van der Waals surface area contributed by atoms with E-state index in [4.69, 9.17) is 14.9 Å². The highest BCUT2D eigenvalue weighted by atomic mass is 32.2. The number of carbonyl (C=O) groups is 2. The van der Waals surface area contributed by atoms with E-state index in [1.165, 1.54) is 63.4 Å². The van der Waals surface area contributed by atoms with Crippen LogP contribution in [0.15, 0.2) is 57.4 Å². The molecule has 0 bridgehead atoms. The molecule has 186 valence electrons. The number of nitrogens with zero attached hydrogens (tertiary/aromatic N) is 3. The molecular weight excluding hydrogens is 511 g/mol. The van der Waals surface area contributed by atoms with Crippen molar-refractivity contribution in [3.8, 4) is 11.5 Å². The van der Waals surface area contributed by atoms with Gasteiger partial charge in [0.1, 0.15) is 11.7 Å². The van der Waals surface area contributed by atoms with E-state index in [1.54, 1.807) is 0 Å². The monoisotopic (exact) mass is 530 g/mol. The first-order valence-corrected chi connectivity index (χ1v) is 12.7. The summed E-state index contributed by atoms with van der Waals surface area (Å²) in [5.41, 5.74) is -0.0506. The van der Waals surface area contributed by atoms with Gasteiger partial charge in [-0.2, -0.15) is 9.39 Å². The van der Waals surface area contributed by atoms with Crippen molar-refractivity contribution in [2.45, 2.75) is 19.1 Å². The molecule has 0 atom stereocenters. The van der Waals surface area contributed by atoms with Gasteiger partial charge in [0.25, 0.3) is 5.91 Å². The number of nitrogens with one attached hydrogen (secondary N) is 1. The van der Waals surface area contributed by atoms with E-state index in [-0.39, 0.29) is 33.0 Å². The number of methoxy groups -OCH3 is 1. The molecule has 0 aromatic heterocycles. The van der Waals surface area contributed by atoms with Gasteiger partial charge in [0.05, 0.1) is 35.4 Å². The Kier molecular flexibility index (Phi) is 6.78. The standard InChI is InChI=1S/C23H19FN4O6S2/c1-12(2)36(31,32)23-27-35-22-26-20(29)15(19(25)28(22)23)10-13-8-9-17(18(11-13)33-3)34-21(30)14-6-4-5-7-16(14)24/h4-12,25H,1-3H3/b15-10-,25-19?. The van der Waals surface area contributed by atoms with Gasteiger partial charge in [-0.05, 0) is 49.8 Å². The van der Waals surface area contributed by atoms with Crippen molar-refractivity contribution >= 4 is 55.9 Å². The minimum atomic E-state index is -3.85. The van der Waals surface area contributed by atoms with Gasteiger partial charge in [0.15, 0.2) is 11.5 Å². The fourth-order valence-corrected chi connectivity index (χ4v) is 5.26. The lowest BCUT2D eigenvalue weighted by atomic mass is 10.1. The van der Waals surface area contributed by atoms with E-state index in [9.17, 15) is 22.4 Å². The van der Waals surface area contributed by atoms with Crippen LogP contribution in [0, 0.1) is 11.2 Å². The molecule has 4 rings (SSSR count). The van der Waals surface area contributed by atoms with Crippen LogP contribution in [-0.4, -0.2) is 53.7 Å². The first-order chi connectivity index (χ1) is 17.0. The normalized spacial score (nSPS) is 16.7. The first-order valence-electron chi connectivity index (χ1n) is 10.4. The Morgan fingerprint density at radius 2 is 1.92 bits per heavy atom. The summed E-state index contributed by atoms with van der Waals surface area (Å²) in [6, 6.07) is 9.67. The number of sulfone groups is 1.